The first-order chi connectivity index (χ1) is 9.01. The molecule has 0 spiro atoms. The Morgan fingerprint density at radius 1 is 1.05 bits per heavy atom. The van der Waals surface area contributed by atoms with Gasteiger partial charge in [-0.1, -0.05) is 47.0 Å². The Bertz CT molecular complexity index is 578. The molecular weight excluding hydrogens is 263 g/mol. The Hall–Kier alpha value is -1.42. The molecule has 1 unspecified atom stereocenters. The minimum atomic E-state index is -0.441. The zero-order valence-corrected chi connectivity index (χ0v) is 11.6. The van der Waals surface area contributed by atoms with Crippen LogP contribution in [-0.4, -0.2) is 0 Å². The van der Waals surface area contributed by atoms with Gasteiger partial charge in [0.05, 0.1) is 11.1 Å². The third kappa shape index (κ3) is 3.13. The molecule has 19 heavy (non-hydrogen) atoms. The van der Waals surface area contributed by atoms with Crippen molar-refractivity contribution in [3.8, 4) is 0 Å². The van der Waals surface area contributed by atoms with E-state index in [1.54, 1.807) is 12.1 Å². The molecule has 0 radical (unpaired) electrons. The number of nitrogens with two attached hydrogens (primary N) is 1. The van der Waals surface area contributed by atoms with Crippen molar-refractivity contribution in [2.45, 2.75) is 19.9 Å². The van der Waals surface area contributed by atoms with E-state index in [9.17, 15) is 4.39 Å². The zero-order chi connectivity index (χ0) is 14.0. The van der Waals surface area contributed by atoms with Gasteiger partial charge in [-0.3, -0.25) is 5.84 Å². The van der Waals surface area contributed by atoms with Gasteiger partial charge >= 0.3 is 0 Å². The van der Waals surface area contributed by atoms with E-state index in [4.69, 9.17) is 17.4 Å². The van der Waals surface area contributed by atoms with E-state index in [2.05, 4.69) is 11.5 Å². The number of hydrogen-bond acceptors (Lipinski definition) is 2. The monoisotopic (exact) mass is 278 g/mol. The number of hydrazine groups is 1. The lowest BCUT2D eigenvalue weighted by Crippen LogP contribution is -2.29. The summed E-state index contributed by atoms with van der Waals surface area (Å²) in [5.41, 5.74) is 6.76. The number of benzene rings is 2. The van der Waals surface area contributed by atoms with Crippen LogP contribution < -0.4 is 11.3 Å². The average molecular weight is 279 g/mol. The maximum Gasteiger partial charge on any atom is 0.142 e. The summed E-state index contributed by atoms with van der Waals surface area (Å²) in [6.45, 7) is 4.04. The lowest BCUT2D eigenvalue weighted by molar-refractivity contribution is 0.605. The quantitative estimate of drug-likeness (QED) is 0.664. The van der Waals surface area contributed by atoms with Gasteiger partial charge in [0, 0.05) is 0 Å². The molecule has 2 aromatic rings. The summed E-state index contributed by atoms with van der Waals surface area (Å²) in [7, 11) is 0. The summed E-state index contributed by atoms with van der Waals surface area (Å²) in [6.07, 6.45) is 0. The van der Waals surface area contributed by atoms with Gasteiger partial charge in [-0.05, 0) is 37.1 Å². The molecule has 4 heteroatoms. The molecule has 0 amide bonds. The van der Waals surface area contributed by atoms with E-state index in [1.807, 2.05) is 26.0 Å². The Labute approximate surface area is 117 Å². The van der Waals surface area contributed by atoms with Crippen LogP contribution in [0.3, 0.4) is 0 Å². The molecule has 2 nitrogen and oxygen atoms in total. The number of nitrogens with one attached hydrogen (secondary N) is 1. The molecule has 0 aliphatic carbocycles. The molecule has 100 valence electrons. The van der Waals surface area contributed by atoms with Crippen LogP contribution in [0.15, 0.2) is 36.4 Å². The maximum atomic E-state index is 13.5. The second-order valence-electron chi connectivity index (χ2n) is 4.69. The van der Waals surface area contributed by atoms with E-state index in [-0.39, 0.29) is 11.1 Å². The number of halogens is 2. The van der Waals surface area contributed by atoms with E-state index >= 15 is 0 Å². The Morgan fingerprint density at radius 3 is 2.21 bits per heavy atom. The largest absolute Gasteiger partial charge is 0.271 e. The fraction of sp³-hybridized carbons (Fsp3) is 0.200. The van der Waals surface area contributed by atoms with Crippen LogP contribution in [-0.2, 0) is 0 Å². The number of hydrogen-bond donors (Lipinski definition) is 2. The Balaban J connectivity index is 2.46. The second kappa shape index (κ2) is 5.70. The highest BCUT2D eigenvalue weighted by Gasteiger charge is 2.14. The molecule has 0 saturated carbocycles. The van der Waals surface area contributed by atoms with Crippen molar-refractivity contribution in [2.75, 3.05) is 0 Å². The molecule has 0 heterocycles. The van der Waals surface area contributed by atoms with Crippen LogP contribution in [0.4, 0.5) is 4.39 Å². The fourth-order valence-corrected chi connectivity index (χ4v) is 2.37. The van der Waals surface area contributed by atoms with Gasteiger partial charge < -0.3 is 0 Å². The third-order valence-electron chi connectivity index (χ3n) is 3.02. The highest BCUT2D eigenvalue weighted by molar-refractivity contribution is 6.30. The summed E-state index contributed by atoms with van der Waals surface area (Å²) in [6, 6.07) is 10.6. The molecule has 0 aliphatic rings. The van der Waals surface area contributed by atoms with Crippen molar-refractivity contribution in [3.63, 3.8) is 0 Å². The van der Waals surface area contributed by atoms with Crippen LogP contribution in [0.5, 0.6) is 0 Å². The molecular formula is C15H16ClFN2. The van der Waals surface area contributed by atoms with E-state index in [0.29, 0.717) is 0 Å². The van der Waals surface area contributed by atoms with Gasteiger partial charge in [-0.2, -0.15) is 0 Å². The molecule has 0 aromatic heterocycles. The third-order valence-corrected chi connectivity index (χ3v) is 3.33. The van der Waals surface area contributed by atoms with E-state index in [0.717, 1.165) is 22.3 Å². The van der Waals surface area contributed by atoms with Gasteiger partial charge in [-0.25, -0.2) is 9.82 Å². The fourth-order valence-electron chi connectivity index (χ4n) is 2.25. The molecule has 1 atom stereocenters. The van der Waals surface area contributed by atoms with Gasteiger partial charge in [-0.15, -0.1) is 0 Å². The first kappa shape index (κ1) is 14.0. The van der Waals surface area contributed by atoms with Crippen LogP contribution >= 0.6 is 11.6 Å². The first-order valence-electron chi connectivity index (χ1n) is 6.00. The van der Waals surface area contributed by atoms with Crippen molar-refractivity contribution >= 4 is 11.6 Å². The minimum Gasteiger partial charge on any atom is -0.271 e. The molecule has 0 aliphatic heterocycles. The maximum absolute atomic E-state index is 13.5. The highest BCUT2D eigenvalue weighted by Crippen LogP contribution is 2.26. The lowest BCUT2D eigenvalue weighted by atomic mass is 9.96. The van der Waals surface area contributed by atoms with Crippen molar-refractivity contribution in [1.29, 1.82) is 0 Å². The molecule has 3 N–H and O–H groups in total. The molecule has 2 rings (SSSR count). The minimum absolute atomic E-state index is 0.111. The summed E-state index contributed by atoms with van der Waals surface area (Å²) in [4.78, 5) is 0. The van der Waals surface area contributed by atoms with Crippen LogP contribution in [0.1, 0.15) is 28.3 Å². The van der Waals surface area contributed by atoms with Gasteiger partial charge in [0.25, 0.3) is 0 Å². The summed E-state index contributed by atoms with van der Waals surface area (Å²) >= 11 is 5.70. The van der Waals surface area contributed by atoms with Crippen molar-refractivity contribution in [2.24, 2.45) is 5.84 Å². The van der Waals surface area contributed by atoms with Gasteiger partial charge in [0.2, 0.25) is 0 Å². The molecule has 2 aromatic carbocycles. The van der Waals surface area contributed by atoms with Crippen molar-refractivity contribution in [3.05, 3.63) is 69.5 Å². The lowest BCUT2D eigenvalue weighted by Gasteiger charge is -2.18. The topological polar surface area (TPSA) is 38.0 Å². The highest BCUT2D eigenvalue weighted by atomic mass is 35.5. The summed E-state index contributed by atoms with van der Waals surface area (Å²) in [5, 5.41) is 0.111. The van der Waals surface area contributed by atoms with E-state index < -0.39 is 5.82 Å². The Kier molecular flexibility index (Phi) is 4.20. The summed E-state index contributed by atoms with van der Waals surface area (Å²) < 4.78 is 13.5. The van der Waals surface area contributed by atoms with Crippen molar-refractivity contribution in [1.82, 2.24) is 5.43 Å². The normalized spacial score (nSPS) is 12.5. The second-order valence-corrected chi connectivity index (χ2v) is 5.10. The summed E-state index contributed by atoms with van der Waals surface area (Å²) in [5.74, 6) is 5.18. The standard InChI is InChI=1S/C15H16ClFN2/c1-9-5-10(2)7-12(6-9)15(19-18)11-3-4-13(16)14(17)8-11/h3-8,15,19H,18H2,1-2H3. The van der Waals surface area contributed by atoms with Crippen LogP contribution in [0, 0.1) is 19.7 Å². The smallest absolute Gasteiger partial charge is 0.142 e. The Morgan fingerprint density at radius 2 is 1.68 bits per heavy atom. The van der Waals surface area contributed by atoms with E-state index in [1.165, 1.54) is 6.07 Å². The average Bonchev–Trinajstić information content (AvgIpc) is 2.33. The predicted octanol–water partition coefficient (Wildman–Crippen LogP) is 3.65. The van der Waals surface area contributed by atoms with Crippen LogP contribution in [0.25, 0.3) is 0 Å². The number of rotatable bonds is 3. The van der Waals surface area contributed by atoms with Crippen molar-refractivity contribution < 1.29 is 4.39 Å². The first-order valence-corrected chi connectivity index (χ1v) is 6.38. The molecule has 0 fully saturated rings. The van der Waals surface area contributed by atoms with Gasteiger partial charge in [0.1, 0.15) is 5.82 Å². The zero-order valence-electron chi connectivity index (χ0n) is 10.9. The molecule has 0 bridgehead atoms. The van der Waals surface area contributed by atoms with Gasteiger partial charge in [0.15, 0.2) is 0 Å². The predicted molar refractivity (Wildman–Crippen MR) is 76.5 cm³/mol. The molecule has 0 saturated heterocycles. The van der Waals surface area contributed by atoms with Crippen LogP contribution in [0.2, 0.25) is 5.02 Å². The number of aryl methyl sites for hydroxylation is 2. The SMILES string of the molecule is Cc1cc(C)cc(C(NN)c2ccc(Cl)c(F)c2)c1.